The number of carbonyl (C=O) groups excluding carboxylic acids is 1. The van der Waals surface area contributed by atoms with Gasteiger partial charge in [0.05, 0.1) is 0 Å². The minimum absolute atomic E-state index is 0.0576. The van der Waals surface area contributed by atoms with Gasteiger partial charge < -0.3 is 10.3 Å². The van der Waals surface area contributed by atoms with Gasteiger partial charge in [-0.3, -0.25) is 9.59 Å². The molecule has 2 aromatic rings. The topological polar surface area (TPSA) is 62.0 Å². The van der Waals surface area contributed by atoms with E-state index >= 15 is 0 Å². The first-order valence-corrected chi connectivity index (χ1v) is 6.92. The lowest BCUT2D eigenvalue weighted by Gasteiger charge is -2.07. The van der Waals surface area contributed by atoms with Gasteiger partial charge in [-0.25, -0.2) is 4.39 Å². The van der Waals surface area contributed by atoms with Crippen LogP contribution in [0.25, 0.3) is 0 Å². The number of H-pyrrole nitrogens is 1. The molecular formula is C16H15FN2O2. The summed E-state index contributed by atoms with van der Waals surface area (Å²) in [5.74, 6) is -0.852. The summed E-state index contributed by atoms with van der Waals surface area (Å²) in [5.41, 5.74) is 1.89. The van der Waals surface area contributed by atoms with Crippen molar-refractivity contribution in [3.05, 3.63) is 68.9 Å². The Morgan fingerprint density at radius 2 is 2.10 bits per heavy atom. The summed E-state index contributed by atoms with van der Waals surface area (Å²) in [6.07, 6.45) is 3.94. The highest BCUT2D eigenvalue weighted by atomic mass is 19.1. The maximum atomic E-state index is 13.5. The van der Waals surface area contributed by atoms with Crippen LogP contribution in [0.4, 0.5) is 4.39 Å². The van der Waals surface area contributed by atoms with E-state index in [-0.39, 0.29) is 23.4 Å². The molecule has 21 heavy (non-hydrogen) atoms. The summed E-state index contributed by atoms with van der Waals surface area (Å²) in [6.45, 7) is 0.0576. The highest BCUT2D eigenvalue weighted by Gasteiger charge is 2.20. The molecule has 108 valence electrons. The molecule has 0 bridgehead atoms. The zero-order valence-electron chi connectivity index (χ0n) is 11.4. The van der Waals surface area contributed by atoms with E-state index in [1.165, 1.54) is 12.3 Å². The van der Waals surface area contributed by atoms with Gasteiger partial charge in [-0.05, 0) is 25.3 Å². The molecule has 0 saturated carbocycles. The van der Waals surface area contributed by atoms with E-state index in [1.54, 1.807) is 18.2 Å². The molecule has 3 rings (SSSR count). The smallest absolute Gasteiger partial charge is 0.257 e. The molecule has 1 aromatic heterocycles. The van der Waals surface area contributed by atoms with Crippen LogP contribution >= 0.6 is 0 Å². The number of aryl methyl sites for hydroxylation is 1. The summed E-state index contributed by atoms with van der Waals surface area (Å²) in [4.78, 5) is 27.3. The first-order chi connectivity index (χ1) is 10.2. The minimum Gasteiger partial charge on any atom is -0.364 e. The molecule has 1 heterocycles. The van der Waals surface area contributed by atoms with Crippen molar-refractivity contribution in [2.45, 2.75) is 25.8 Å². The summed E-state index contributed by atoms with van der Waals surface area (Å²) in [5, 5.41) is 2.59. The van der Waals surface area contributed by atoms with E-state index in [0.29, 0.717) is 17.5 Å². The zero-order chi connectivity index (χ0) is 14.8. The van der Waals surface area contributed by atoms with Crippen LogP contribution in [0.3, 0.4) is 0 Å². The van der Waals surface area contributed by atoms with Gasteiger partial charge in [-0.2, -0.15) is 0 Å². The van der Waals surface area contributed by atoms with Crippen LogP contribution in [0, 0.1) is 5.82 Å². The lowest BCUT2D eigenvalue weighted by Crippen LogP contribution is -2.30. The third-order valence-electron chi connectivity index (χ3n) is 3.77. The molecule has 0 spiro atoms. The number of carbonyl (C=O) groups is 1. The molecule has 0 atom stereocenters. The number of benzene rings is 1. The molecule has 1 amide bonds. The number of amides is 1. The molecule has 1 aliphatic rings. The second kappa shape index (κ2) is 5.52. The number of aromatic nitrogens is 1. The maximum absolute atomic E-state index is 13.5. The summed E-state index contributed by atoms with van der Waals surface area (Å²) < 4.78 is 13.5. The van der Waals surface area contributed by atoms with Gasteiger partial charge in [0.25, 0.3) is 5.91 Å². The Hall–Kier alpha value is -2.43. The van der Waals surface area contributed by atoms with Crippen LogP contribution in [0.5, 0.6) is 0 Å². The molecule has 4 nitrogen and oxygen atoms in total. The fourth-order valence-electron chi connectivity index (χ4n) is 2.62. The SMILES string of the molecule is O=C(NCc1ccccc1F)c1c[nH]c2c(c1=O)CCC2. The average molecular weight is 286 g/mol. The molecule has 1 aromatic carbocycles. The van der Waals surface area contributed by atoms with E-state index in [9.17, 15) is 14.0 Å². The Bertz CT molecular complexity index is 752. The fourth-order valence-corrected chi connectivity index (χ4v) is 2.62. The summed E-state index contributed by atoms with van der Waals surface area (Å²) >= 11 is 0. The molecule has 0 radical (unpaired) electrons. The maximum Gasteiger partial charge on any atom is 0.257 e. The minimum atomic E-state index is -0.478. The van der Waals surface area contributed by atoms with Crippen molar-refractivity contribution in [2.75, 3.05) is 0 Å². The predicted molar refractivity (Wildman–Crippen MR) is 76.7 cm³/mol. The zero-order valence-corrected chi connectivity index (χ0v) is 11.4. The first kappa shape index (κ1) is 13.5. The third kappa shape index (κ3) is 2.59. The Balaban J connectivity index is 1.78. The van der Waals surface area contributed by atoms with E-state index in [1.807, 2.05) is 0 Å². The highest BCUT2D eigenvalue weighted by molar-refractivity contribution is 5.94. The number of aromatic amines is 1. The normalized spacial score (nSPS) is 13.0. The Morgan fingerprint density at radius 1 is 1.29 bits per heavy atom. The van der Waals surface area contributed by atoms with Crippen molar-refractivity contribution in [3.8, 4) is 0 Å². The lowest BCUT2D eigenvalue weighted by molar-refractivity contribution is 0.0949. The van der Waals surface area contributed by atoms with E-state index in [2.05, 4.69) is 10.3 Å². The van der Waals surface area contributed by atoms with E-state index < -0.39 is 5.91 Å². The Kier molecular flexibility index (Phi) is 3.56. The number of rotatable bonds is 3. The number of fused-ring (bicyclic) bond motifs is 1. The van der Waals surface area contributed by atoms with Crippen LogP contribution in [-0.2, 0) is 19.4 Å². The molecule has 0 aliphatic heterocycles. The van der Waals surface area contributed by atoms with Gasteiger partial charge in [0.15, 0.2) is 5.43 Å². The van der Waals surface area contributed by atoms with Crippen molar-refractivity contribution >= 4 is 5.91 Å². The molecule has 2 N–H and O–H groups in total. The molecule has 0 unspecified atom stereocenters. The number of nitrogens with one attached hydrogen (secondary N) is 2. The molecule has 1 aliphatic carbocycles. The highest BCUT2D eigenvalue weighted by Crippen LogP contribution is 2.16. The lowest BCUT2D eigenvalue weighted by atomic mass is 10.1. The summed E-state index contributed by atoms with van der Waals surface area (Å²) in [7, 11) is 0. The number of hydrogen-bond acceptors (Lipinski definition) is 2. The van der Waals surface area contributed by atoms with Gasteiger partial charge in [0.1, 0.15) is 11.4 Å². The Morgan fingerprint density at radius 3 is 2.90 bits per heavy atom. The van der Waals surface area contributed by atoms with Crippen molar-refractivity contribution in [1.29, 1.82) is 0 Å². The largest absolute Gasteiger partial charge is 0.364 e. The average Bonchev–Trinajstić information content (AvgIpc) is 2.96. The van der Waals surface area contributed by atoms with Gasteiger partial charge in [-0.15, -0.1) is 0 Å². The standard InChI is InChI=1S/C16H15FN2O2/c17-13-6-2-1-4-10(13)8-19-16(21)12-9-18-14-7-3-5-11(14)15(12)20/h1-2,4,6,9H,3,5,7-8H2,(H,18,20)(H,19,21). The number of hydrogen-bond donors (Lipinski definition) is 2. The predicted octanol–water partition coefficient (Wildman–Crippen LogP) is 1.93. The van der Waals surface area contributed by atoms with Crippen LogP contribution in [-0.4, -0.2) is 10.9 Å². The van der Waals surface area contributed by atoms with Crippen LogP contribution in [0.15, 0.2) is 35.3 Å². The molecule has 0 fully saturated rings. The van der Waals surface area contributed by atoms with Gasteiger partial charge >= 0.3 is 0 Å². The van der Waals surface area contributed by atoms with Crippen LogP contribution < -0.4 is 10.7 Å². The third-order valence-corrected chi connectivity index (χ3v) is 3.77. The van der Waals surface area contributed by atoms with Crippen molar-refractivity contribution in [1.82, 2.24) is 10.3 Å². The Labute approximate surface area is 121 Å². The molecular weight excluding hydrogens is 271 g/mol. The first-order valence-electron chi connectivity index (χ1n) is 6.92. The monoisotopic (exact) mass is 286 g/mol. The molecule has 0 saturated heterocycles. The second-order valence-electron chi connectivity index (χ2n) is 5.12. The number of pyridine rings is 1. The van der Waals surface area contributed by atoms with E-state index in [4.69, 9.17) is 0 Å². The quantitative estimate of drug-likeness (QED) is 0.905. The van der Waals surface area contributed by atoms with Crippen molar-refractivity contribution < 1.29 is 9.18 Å². The van der Waals surface area contributed by atoms with Gasteiger partial charge in [-0.1, -0.05) is 18.2 Å². The van der Waals surface area contributed by atoms with Gasteiger partial charge in [0.2, 0.25) is 0 Å². The number of halogens is 1. The summed E-state index contributed by atoms with van der Waals surface area (Å²) in [6, 6.07) is 6.23. The second-order valence-corrected chi connectivity index (χ2v) is 5.12. The van der Waals surface area contributed by atoms with Gasteiger partial charge in [0, 0.05) is 29.6 Å². The van der Waals surface area contributed by atoms with Crippen LogP contribution in [0.2, 0.25) is 0 Å². The molecule has 5 heteroatoms. The fraction of sp³-hybridized carbons (Fsp3) is 0.250. The van der Waals surface area contributed by atoms with Crippen molar-refractivity contribution in [3.63, 3.8) is 0 Å². The van der Waals surface area contributed by atoms with Crippen molar-refractivity contribution in [2.24, 2.45) is 0 Å². The van der Waals surface area contributed by atoms with E-state index in [0.717, 1.165) is 18.5 Å². The van der Waals surface area contributed by atoms with Crippen LogP contribution in [0.1, 0.15) is 33.6 Å².